The molecular weight excluding hydrogens is 434 g/mol. The summed E-state index contributed by atoms with van der Waals surface area (Å²) < 4.78 is 16.9. The Morgan fingerprint density at radius 3 is 2.74 bits per heavy atom. The van der Waals surface area contributed by atoms with Crippen molar-refractivity contribution in [2.24, 2.45) is 0 Å². The average Bonchev–Trinajstić information content (AvgIpc) is 2.87. The SMILES string of the molecule is O=C(NCCCN1CCOCC1)c1ccc2c(c1)Cc1cccc(c1)C(=O)NCCOCCO2. The van der Waals surface area contributed by atoms with E-state index in [9.17, 15) is 9.59 Å². The summed E-state index contributed by atoms with van der Waals surface area (Å²) in [5.74, 6) is 0.504. The van der Waals surface area contributed by atoms with Crippen molar-refractivity contribution in [3.8, 4) is 5.75 Å². The first-order valence-corrected chi connectivity index (χ1v) is 12.0. The van der Waals surface area contributed by atoms with Crippen LogP contribution in [0.5, 0.6) is 5.75 Å². The predicted octanol–water partition coefficient (Wildman–Crippen LogP) is 1.87. The second-order valence-electron chi connectivity index (χ2n) is 8.48. The Labute approximate surface area is 200 Å². The highest BCUT2D eigenvalue weighted by Gasteiger charge is 2.14. The molecule has 2 aliphatic rings. The number of fused-ring (bicyclic) bond motifs is 3. The molecule has 1 saturated heterocycles. The van der Waals surface area contributed by atoms with E-state index in [0.29, 0.717) is 50.5 Å². The van der Waals surface area contributed by atoms with Gasteiger partial charge < -0.3 is 24.8 Å². The van der Waals surface area contributed by atoms with Crippen LogP contribution in [0.25, 0.3) is 0 Å². The van der Waals surface area contributed by atoms with Crippen LogP contribution in [0.3, 0.4) is 0 Å². The maximum atomic E-state index is 12.8. The minimum Gasteiger partial charge on any atom is -0.491 e. The highest BCUT2D eigenvalue weighted by atomic mass is 16.5. The third-order valence-corrected chi connectivity index (χ3v) is 5.96. The van der Waals surface area contributed by atoms with Crippen molar-refractivity contribution in [3.63, 3.8) is 0 Å². The van der Waals surface area contributed by atoms with E-state index >= 15 is 0 Å². The van der Waals surface area contributed by atoms with Gasteiger partial charge in [0.1, 0.15) is 12.4 Å². The molecule has 0 saturated carbocycles. The highest BCUT2D eigenvalue weighted by molar-refractivity contribution is 5.95. The van der Waals surface area contributed by atoms with Crippen LogP contribution in [-0.4, -0.2) is 82.5 Å². The molecule has 4 rings (SSSR count). The Hall–Kier alpha value is -2.94. The number of benzene rings is 2. The third kappa shape index (κ3) is 7.03. The molecule has 0 radical (unpaired) electrons. The zero-order valence-electron chi connectivity index (χ0n) is 19.5. The Kier molecular flexibility index (Phi) is 8.90. The van der Waals surface area contributed by atoms with Gasteiger partial charge in [0.2, 0.25) is 0 Å². The van der Waals surface area contributed by atoms with Gasteiger partial charge in [-0.3, -0.25) is 14.5 Å². The minimum atomic E-state index is -0.121. The number of nitrogens with one attached hydrogen (secondary N) is 2. The zero-order chi connectivity index (χ0) is 23.6. The Bertz CT molecular complexity index is 975. The molecule has 2 amide bonds. The Morgan fingerprint density at radius 2 is 1.85 bits per heavy atom. The molecule has 8 heteroatoms. The van der Waals surface area contributed by atoms with Crippen molar-refractivity contribution in [2.75, 3.05) is 65.8 Å². The van der Waals surface area contributed by atoms with Crippen molar-refractivity contribution < 1.29 is 23.8 Å². The normalized spacial score (nSPS) is 17.6. The fourth-order valence-electron chi connectivity index (χ4n) is 4.12. The fourth-order valence-corrected chi connectivity index (χ4v) is 4.12. The van der Waals surface area contributed by atoms with Crippen LogP contribution in [0.1, 0.15) is 38.3 Å². The van der Waals surface area contributed by atoms with Gasteiger partial charge in [0.15, 0.2) is 0 Å². The second kappa shape index (κ2) is 12.5. The Balaban J connectivity index is 1.43. The lowest BCUT2D eigenvalue weighted by atomic mass is 9.99. The molecule has 0 aromatic heterocycles. The molecule has 8 nitrogen and oxygen atoms in total. The Morgan fingerprint density at radius 1 is 1.00 bits per heavy atom. The van der Waals surface area contributed by atoms with Crippen molar-refractivity contribution in [2.45, 2.75) is 12.8 Å². The first-order valence-electron chi connectivity index (χ1n) is 12.0. The van der Waals surface area contributed by atoms with Crippen LogP contribution < -0.4 is 15.4 Å². The van der Waals surface area contributed by atoms with E-state index in [1.165, 1.54) is 0 Å². The van der Waals surface area contributed by atoms with Gasteiger partial charge in [-0.05, 0) is 54.4 Å². The summed E-state index contributed by atoms with van der Waals surface area (Å²) in [6.07, 6.45) is 1.45. The third-order valence-electron chi connectivity index (χ3n) is 5.96. The van der Waals surface area contributed by atoms with Crippen LogP contribution in [0.4, 0.5) is 0 Å². The topological polar surface area (TPSA) is 89.1 Å². The maximum absolute atomic E-state index is 12.8. The van der Waals surface area contributed by atoms with Crippen molar-refractivity contribution in [1.82, 2.24) is 15.5 Å². The van der Waals surface area contributed by atoms with Crippen LogP contribution in [-0.2, 0) is 15.9 Å². The second-order valence-corrected chi connectivity index (χ2v) is 8.48. The van der Waals surface area contributed by atoms with Crippen LogP contribution in [0.2, 0.25) is 0 Å². The minimum absolute atomic E-state index is 0.0966. The molecule has 0 atom stereocenters. The first-order chi connectivity index (χ1) is 16.7. The van der Waals surface area contributed by atoms with Gasteiger partial charge >= 0.3 is 0 Å². The molecule has 0 unspecified atom stereocenters. The molecular formula is C26H33N3O5. The van der Waals surface area contributed by atoms with E-state index in [0.717, 1.165) is 56.1 Å². The molecule has 2 N–H and O–H groups in total. The summed E-state index contributed by atoms with van der Waals surface area (Å²) in [5.41, 5.74) is 3.08. The lowest BCUT2D eigenvalue weighted by Gasteiger charge is -2.26. The summed E-state index contributed by atoms with van der Waals surface area (Å²) in [5, 5.41) is 5.90. The molecule has 0 aliphatic carbocycles. The van der Waals surface area contributed by atoms with Crippen LogP contribution in [0, 0.1) is 0 Å². The molecule has 34 heavy (non-hydrogen) atoms. The van der Waals surface area contributed by atoms with E-state index in [4.69, 9.17) is 14.2 Å². The number of rotatable bonds is 5. The predicted molar refractivity (Wildman–Crippen MR) is 129 cm³/mol. The van der Waals surface area contributed by atoms with E-state index < -0.39 is 0 Å². The fraction of sp³-hybridized carbons (Fsp3) is 0.462. The number of amides is 2. The molecule has 2 heterocycles. The van der Waals surface area contributed by atoms with Gasteiger partial charge in [-0.1, -0.05) is 12.1 Å². The summed E-state index contributed by atoms with van der Waals surface area (Å²) >= 11 is 0. The largest absolute Gasteiger partial charge is 0.491 e. The van der Waals surface area contributed by atoms with Crippen LogP contribution in [0.15, 0.2) is 42.5 Å². The average molecular weight is 468 g/mol. The molecule has 182 valence electrons. The lowest BCUT2D eigenvalue weighted by Crippen LogP contribution is -2.38. The highest BCUT2D eigenvalue weighted by Crippen LogP contribution is 2.24. The monoisotopic (exact) mass is 467 g/mol. The van der Waals surface area contributed by atoms with E-state index in [2.05, 4.69) is 15.5 Å². The molecule has 1 fully saturated rings. The van der Waals surface area contributed by atoms with Crippen LogP contribution >= 0.6 is 0 Å². The van der Waals surface area contributed by atoms with Crippen molar-refractivity contribution in [1.29, 1.82) is 0 Å². The van der Waals surface area contributed by atoms with Gasteiger partial charge in [0, 0.05) is 43.7 Å². The maximum Gasteiger partial charge on any atom is 0.251 e. The number of carbonyl (C=O) groups excluding carboxylic acids is 2. The zero-order valence-corrected chi connectivity index (χ0v) is 19.5. The van der Waals surface area contributed by atoms with Gasteiger partial charge in [0.05, 0.1) is 26.4 Å². The smallest absolute Gasteiger partial charge is 0.251 e. The van der Waals surface area contributed by atoms with Gasteiger partial charge in [-0.2, -0.15) is 0 Å². The lowest BCUT2D eigenvalue weighted by molar-refractivity contribution is 0.0374. The number of morpholine rings is 1. The standard InChI is InChI=1S/C26H33N3O5/c30-25-21-4-1-3-20(17-21)18-23-19-22(5-6-24(23)34-16-15-32-12-8-28-25)26(31)27-7-2-9-29-10-13-33-14-11-29/h1,3-6,17,19H,2,7-16,18H2,(H,27,31)(H,28,30). The van der Waals surface area contributed by atoms with E-state index in [1.807, 2.05) is 30.3 Å². The first kappa shape index (κ1) is 24.2. The van der Waals surface area contributed by atoms with Gasteiger partial charge in [-0.25, -0.2) is 0 Å². The summed E-state index contributed by atoms with van der Waals surface area (Å²) in [7, 11) is 0. The van der Waals surface area contributed by atoms with E-state index in [-0.39, 0.29) is 11.8 Å². The molecule has 2 aromatic carbocycles. The summed E-state index contributed by atoms with van der Waals surface area (Å²) in [6.45, 7) is 6.73. The molecule has 2 aromatic rings. The molecule has 2 aliphatic heterocycles. The van der Waals surface area contributed by atoms with Gasteiger partial charge in [-0.15, -0.1) is 0 Å². The molecule has 0 spiro atoms. The number of hydrogen-bond donors (Lipinski definition) is 2. The number of ether oxygens (including phenoxy) is 3. The van der Waals surface area contributed by atoms with Gasteiger partial charge in [0.25, 0.3) is 11.8 Å². The van der Waals surface area contributed by atoms with Crippen molar-refractivity contribution in [3.05, 3.63) is 64.7 Å². The quantitative estimate of drug-likeness (QED) is 0.653. The molecule has 2 bridgehead atoms. The number of carbonyl (C=O) groups is 2. The summed E-state index contributed by atoms with van der Waals surface area (Å²) in [4.78, 5) is 27.6. The van der Waals surface area contributed by atoms with E-state index in [1.54, 1.807) is 12.1 Å². The van der Waals surface area contributed by atoms with Crippen molar-refractivity contribution >= 4 is 11.8 Å². The summed E-state index contributed by atoms with van der Waals surface area (Å²) in [6, 6.07) is 13.1. The number of hydrogen-bond acceptors (Lipinski definition) is 6. The number of nitrogens with zero attached hydrogens (tertiary/aromatic N) is 1.